The molecule has 14 heavy (non-hydrogen) atoms. The molecule has 2 N–H and O–H groups in total. The van der Waals surface area contributed by atoms with Gasteiger partial charge in [-0.2, -0.15) is 0 Å². The minimum absolute atomic E-state index is 0.142. The van der Waals surface area contributed by atoms with Crippen molar-refractivity contribution < 1.29 is 9.53 Å². The molecule has 76 valence electrons. The summed E-state index contributed by atoms with van der Waals surface area (Å²) in [5.74, 6) is 0. The second-order valence-electron chi connectivity index (χ2n) is 3.25. The van der Waals surface area contributed by atoms with E-state index in [4.69, 9.17) is 0 Å². The summed E-state index contributed by atoms with van der Waals surface area (Å²) in [5, 5.41) is 5.25. The van der Waals surface area contributed by atoms with Gasteiger partial charge in [-0.15, -0.1) is 0 Å². The minimum Gasteiger partial charge on any atom is -0.453 e. The lowest BCUT2D eigenvalue weighted by molar-refractivity contribution is 0.111. The maximum absolute atomic E-state index is 11.3. The highest BCUT2D eigenvalue weighted by Crippen LogP contribution is 2.29. The number of hydrogen-bond acceptors (Lipinski definition) is 3. The van der Waals surface area contributed by atoms with Gasteiger partial charge in [-0.1, -0.05) is 0 Å². The first kappa shape index (κ1) is 8.86. The molecule has 2 rings (SSSR count). The van der Waals surface area contributed by atoms with Gasteiger partial charge in [0.25, 0.3) is 5.56 Å². The smallest absolute Gasteiger partial charge is 0.410 e. The number of aromatic amines is 2. The molecule has 6 heteroatoms. The lowest BCUT2D eigenvalue weighted by Crippen LogP contribution is -2.29. The van der Waals surface area contributed by atoms with Crippen LogP contribution in [0.1, 0.15) is 24.2 Å². The summed E-state index contributed by atoms with van der Waals surface area (Å²) in [6.07, 6.45) is -0.415. The molecule has 2 heterocycles. The molecule has 1 aliphatic rings. The first-order valence-electron chi connectivity index (χ1n) is 4.29. The molecule has 1 aromatic heterocycles. The van der Waals surface area contributed by atoms with E-state index >= 15 is 0 Å². The Morgan fingerprint density at radius 2 is 2.29 bits per heavy atom. The van der Waals surface area contributed by atoms with Crippen LogP contribution in [0.5, 0.6) is 0 Å². The number of ether oxygens (including phenoxy) is 1. The highest BCUT2D eigenvalue weighted by Gasteiger charge is 2.34. The number of H-pyrrole nitrogens is 2. The Balaban J connectivity index is 2.34. The van der Waals surface area contributed by atoms with E-state index in [9.17, 15) is 9.59 Å². The molecule has 0 radical (unpaired) electrons. The standard InChI is InChI=1S/C8H11N3O3/c1-4-6-5(7(12)10-9-6)3-11(4)8(13)14-2/h4H,3H2,1-2H3,(H2,9,10,12). The van der Waals surface area contributed by atoms with E-state index in [1.165, 1.54) is 12.0 Å². The predicted molar refractivity (Wildman–Crippen MR) is 47.8 cm³/mol. The van der Waals surface area contributed by atoms with Crippen LogP contribution < -0.4 is 5.56 Å². The van der Waals surface area contributed by atoms with Gasteiger partial charge in [0.05, 0.1) is 31.0 Å². The summed E-state index contributed by atoms with van der Waals surface area (Å²) in [6, 6.07) is -0.142. The van der Waals surface area contributed by atoms with Crippen LogP contribution in [0.3, 0.4) is 0 Å². The monoisotopic (exact) mass is 197 g/mol. The summed E-state index contributed by atoms with van der Waals surface area (Å²) in [5.41, 5.74) is 1.21. The van der Waals surface area contributed by atoms with Crippen LogP contribution in [0.15, 0.2) is 4.79 Å². The summed E-state index contributed by atoms with van der Waals surface area (Å²) in [7, 11) is 1.33. The van der Waals surface area contributed by atoms with Gasteiger partial charge in [-0.3, -0.25) is 19.9 Å². The Kier molecular flexibility index (Phi) is 1.83. The van der Waals surface area contributed by atoms with Gasteiger partial charge in [0, 0.05) is 0 Å². The molecule has 1 unspecified atom stereocenters. The van der Waals surface area contributed by atoms with E-state index in [1.54, 1.807) is 0 Å². The van der Waals surface area contributed by atoms with Crippen molar-refractivity contribution in [3.8, 4) is 0 Å². The van der Waals surface area contributed by atoms with Crippen molar-refractivity contribution in [3.63, 3.8) is 0 Å². The number of carbonyl (C=O) groups excluding carboxylic acids is 1. The lowest BCUT2D eigenvalue weighted by atomic mass is 10.2. The third kappa shape index (κ3) is 1.03. The number of nitrogens with one attached hydrogen (secondary N) is 2. The van der Waals surface area contributed by atoms with Gasteiger partial charge >= 0.3 is 6.09 Å². The van der Waals surface area contributed by atoms with E-state index in [2.05, 4.69) is 14.9 Å². The number of nitrogens with zero attached hydrogens (tertiary/aromatic N) is 1. The Morgan fingerprint density at radius 3 is 2.86 bits per heavy atom. The quantitative estimate of drug-likeness (QED) is 0.629. The van der Waals surface area contributed by atoms with Gasteiger partial charge in [-0.25, -0.2) is 4.79 Å². The fourth-order valence-corrected chi connectivity index (χ4v) is 1.71. The molecular weight excluding hydrogens is 186 g/mol. The molecule has 0 bridgehead atoms. The Hall–Kier alpha value is -1.72. The molecule has 6 nitrogen and oxygen atoms in total. The van der Waals surface area contributed by atoms with Crippen LogP contribution in [-0.2, 0) is 11.3 Å². The van der Waals surface area contributed by atoms with Crippen molar-refractivity contribution in [2.75, 3.05) is 7.11 Å². The van der Waals surface area contributed by atoms with Crippen LogP contribution in [0, 0.1) is 0 Å². The second-order valence-corrected chi connectivity index (χ2v) is 3.25. The zero-order valence-corrected chi connectivity index (χ0v) is 7.96. The molecule has 1 aliphatic heterocycles. The number of amides is 1. The summed E-state index contributed by atoms with van der Waals surface area (Å²) < 4.78 is 4.61. The van der Waals surface area contributed by atoms with Crippen LogP contribution in [0.4, 0.5) is 4.79 Å². The number of rotatable bonds is 0. The SMILES string of the molecule is COC(=O)N1Cc2c([nH][nH]c2=O)C1C. The lowest BCUT2D eigenvalue weighted by Gasteiger charge is -2.19. The van der Waals surface area contributed by atoms with E-state index in [1.807, 2.05) is 6.92 Å². The van der Waals surface area contributed by atoms with Gasteiger partial charge in [-0.05, 0) is 6.92 Å². The molecule has 0 fully saturated rings. The fraction of sp³-hybridized carbons (Fsp3) is 0.500. The van der Waals surface area contributed by atoms with Gasteiger partial charge in [0.15, 0.2) is 0 Å². The molecule has 0 saturated heterocycles. The minimum atomic E-state index is -0.415. The van der Waals surface area contributed by atoms with E-state index < -0.39 is 6.09 Å². The van der Waals surface area contributed by atoms with Crippen molar-refractivity contribution in [1.82, 2.24) is 15.1 Å². The normalized spacial score (nSPS) is 19.6. The fourth-order valence-electron chi connectivity index (χ4n) is 1.71. The van der Waals surface area contributed by atoms with Crippen LogP contribution >= 0.6 is 0 Å². The van der Waals surface area contributed by atoms with Crippen molar-refractivity contribution >= 4 is 6.09 Å². The summed E-state index contributed by atoms with van der Waals surface area (Å²) >= 11 is 0. The van der Waals surface area contributed by atoms with E-state index in [0.717, 1.165) is 5.69 Å². The average Bonchev–Trinajstić information content (AvgIpc) is 2.69. The third-order valence-electron chi connectivity index (χ3n) is 2.53. The molecule has 1 amide bonds. The number of hydrogen-bond donors (Lipinski definition) is 2. The number of fused-ring (bicyclic) bond motifs is 1. The number of aromatic nitrogens is 2. The first-order chi connectivity index (χ1) is 6.65. The summed E-state index contributed by atoms with van der Waals surface area (Å²) in [6.45, 7) is 2.15. The maximum Gasteiger partial charge on any atom is 0.410 e. The topological polar surface area (TPSA) is 78.2 Å². The Labute approximate surface area is 79.8 Å². The van der Waals surface area contributed by atoms with Crippen molar-refractivity contribution in [1.29, 1.82) is 0 Å². The van der Waals surface area contributed by atoms with E-state index in [-0.39, 0.29) is 11.6 Å². The van der Waals surface area contributed by atoms with Crippen molar-refractivity contribution in [2.24, 2.45) is 0 Å². The van der Waals surface area contributed by atoms with Gasteiger partial charge in [0.2, 0.25) is 0 Å². The molecule has 0 saturated carbocycles. The molecule has 0 aromatic carbocycles. The maximum atomic E-state index is 11.3. The van der Waals surface area contributed by atoms with Crippen LogP contribution in [0.25, 0.3) is 0 Å². The second kappa shape index (κ2) is 2.90. The van der Waals surface area contributed by atoms with E-state index in [0.29, 0.717) is 12.1 Å². The molecular formula is C8H11N3O3. The molecule has 0 spiro atoms. The zero-order valence-electron chi connectivity index (χ0n) is 7.96. The van der Waals surface area contributed by atoms with Crippen LogP contribution in [0.2, 0.25) is 0 Å². The predicted octanol–water partition coefficient (Wildman–Crippen LogP) is 0.346. The Morgan fingerprint density at radius 1 is 1.57 bits per heavy atom. The first-order valence-corrected chi connectivity index (χ1v) is 4.29. The summed E-state index contributed by atoms with van der Waals surface area (Å²) in [4.78, 5) is 24.0. The Bertz CT molecular complexity index is 420. The zero-order chi connectivity index (χ0) is 10.3. The third-order valence-corrected chi connectivity index (χ3v) is 2.53. The van der Waals surface area contributed by atoms with Crippen LogP contribution in [-0.4, -0.2) is 28.3 Å². The largest absolute Gasteiger partial charge is 0.453 e. The average molecular weight is 197 g/mol. The number of methoxy groups -OCH3 is 1. The van der Waals surface area contributed by atoms with Gasteiger partial charge < -0.3 is 4.74 Å². The number of carbonyl (C=O) groups is 1. The van der Waals surface area contributed by atoms with Crippen molar-refractivity contribution in [2.45, 2.75) is 19.5 Å². The molecule has 0 aliphatic carbocycles. The highest BCUT2D eigenvalue weighted by molar-refractivity contribution is 5.69. The molecule has 1 atom stereocenters. The van der Waals surface area contributed by atoms with Crippen molar-refractivity contribution in [3.05, 3.63) is 21.6 Å². The molecule has 1 aromatic rings. The van der Waals surface area contributed by atoms with Gasteiger partial charge in [0.1, 0.15) is 0 Å². The highest BCUT2D eigenvalue weighted by atomic mass is 16.5.